The van der Waals surface area contributed by atoms with Crippen molar-refractivity contribution in [1.29, 1.82) is 5.26 Å². The molecule has 4 heteroatoms. The number of para-hydroxylation sites is 1. The molecule has 1 heterocycles. The maximum Gasteiger partial charge on any atom is 0.140 e. The zero-order chi connectivity index (χ0) is 13.9. The molecule has 1 aromatic heterocycles. The van der Waals surface area contributed by atoms with Gasteiger partial charge in [0.1, 0.15) is 23.4 Å². The third kappa shape index (κ3) is 3.33. The molecule has 0 aliphatic heterocycles. The Morgan fingerprint density at radius 3 is 2.68 bits per heavy atom. The van der Waals surface area contributed by atoms with E-state index in [1.807, 2.05) is 12.1 Å². The Balaban J connectivity index is 2.07. The summed E-state index contributed by atoms with van der Waals surface area (Å²) in [5.74, 6) is 0.609. The van der Waals surface area contributed by atoms with E-state index in [4.69, 9.17) is 10.00 Å². The van der Waals surface area contributed by atoms with Crippen molar-refractivity contribution < 1.29 is 4.74 Å². The molecule has 0 spiro atoms. The molecule has 0 aliphatic rings. The van der Waals surface area contributed by atoms with Gasteiger partial charge in [-0.15, -0.1) is 11.3 Å². The molecule has 0 saturated heterocycles. The SMILES string of the molecule is CC(C)(C)c1csc(COc2ccccc2C#N)n1. The largest absolute Gasteiger partial charge is 0.485 e. The molecule has 0 N–H and O–H groups in total. The van der Waals surface area contributed by atoms with E-state index in [2.05, 4.69) is 37.2 Å². The van der Waals surface area contributed by atoms with Crippen molar-refractivity contribution in [1.82, 2.24) is 4.98 Å². The highest BCUT2D eigenvalue weighted by atomic mass is 32.1. The molecule has 2 rings (SSSR count). The van der Waals surface area contributed by atoms with Crippen molar-refractivity contribution in [3.63, 3.8) is 0 Å². The summed E-state index contributed by atoms with van der Waals surface area (Å²) in [5.41, 5.74) is 1.68. The summed E-state index contributed by atoms with van der Waals surface area (Å²) in [6, 6.07) is 9.36. The van der Waals surface area contributed by atoms with Gasteiger partial charge >= 0.3 is 0 Å². The molecule has 0 fully saturated rings. The second-order valence-electron chi connectivity index (χ2n) is 5.27. The van der Waals surface area contributed by atoms with E-state index in [9.17, 15) is 0 Å². The fourth-order valence-electron chi connectivity index (χ4n) is 1.55. The van der Waals surface area contributed by atoms with Crippen LogP contribution in [0.2, 0.25) is 0 Å². The lowest BCUT2D eigenvalue weighted by Crippen LogP contribution is -2.11. The number of ether oxygens (including phenoxy) is 1. The van der Waals surface area contributed by atoms with Crippen LogP contribution in [0.15, 0.2) is 29.6 Å². The number of nitriles is 1. The average Bonchev–Trinajstić information content (AvgIpc) is 2.85. The zero-order valence-electron chi connectivity index (χ0n) is 11.3. The van der Waals surface area contributed by atoms with Gasteiger partial charge in [-0.3, -0.25) is 0 Å². The summed E-state index contributed by atoms with van der Waals surface area (Å²) in [6.45, 7) is 6.81. The molecule has 0 atom stereocenters. The average molecular weight is 272 g/mol. The second kappa shape index (κ2) is 5.41. The first-order valence-electron chi connectivity index (χ1n) is 6.07. The lowest BCUT2D eigenvalue weighted by Gasteiger charge is -2.14. The van der Waals surface area contributed by atoms with E-state index in [-0.39, 0.29) is 5.41 Å². The number of thiazole rings is 1. The predicted molar refractivity (Wildman–Crippen MR) is 76.3 cm³/mol. The van der Waals surface area contributed by atoms with E-state index < -0.39 is 0 Å². The third-order valence-corrected chi connectivity index (χ3v) is 3.50. The third-order valence-electron chi connectivity index (χ3n) is 2.68. The molecule has 19 heavy (non-hydrogen) atoms. The fourth-order valence-corrected chi connectivity index (χ4v) is 2.48. The van der Waals surface area contributed by atoms with Crippen LogP contribution in [0.1, 0.15) is 37.0 Å². The van der Waals surface area contributed by atoms with Gasteiger partial charge in [0.15, 0.2) is 0 Å². The summed E-state index contributed by atoms with van der Waals surface area (Å²) in [5, 5.41) is 12.0. The molecule has 3 nitrogen and oxygen atoms in total. The highest BCUT2D eigenvalue weighted by molar-refractivity contribution is 7.09. The monoisotopic (exact) mass is 272 g/mol. The van der Waals surface area contributed by atoms with E-state index >= 15 is 0 Å². The van der Waals surface area contributed by atoms with Crippen molar-refractivity contribution >= 4 is 11.3 Å². The minimum atomic E-state index is 0.0549. The summed E-state index contributed by atoms with van der Waals surface area (Å²) in [4.78, 5) is 4.56. The molecule has 98 valence electrons. The maximum atomic E-state index is 8.98. The van der Waals surface area contributed by atoms with Crippen LogP contribution in [0.5, 0.6) is 5.75 Å². The van der Waals surface area contributed by atoms with Crippen molar-refractivity contribution in [3.05, 3.63) is 45.9 Å². The first-order valence-corrected chi connectivity index (χ1v) is 6.95. The molecular weight excluding hydrogens is 256 g/mol. The van der Waals surface area contributed by atoms with Gasteiger partial charge in [-0.25, -0.2) is 4.98 Å². The number of benzene rings is 1. The summed E-state index contributed by atoms with van der Waals surface area (Å²) in [6.07, 6.45) is 0. The highest BCUT2D eigenvalue weighted by Gasteiger charge is 2.17. The standard InChI is InChI=1S/C15H16N2OS/c1-15(2,3)13-10-19-14(17-13)9-18-12-7-5-4-6-11(12)8-16/h4-7,10H,9H2,1-3H3. The summed E-state index contributed by atoms with van der Waals surface area (Å²) >= 11 is 1.59. The Labute approximate surface area is 117 Å². The lowest BCUT2D eigenvalue weighted by atomic mass is 9.93. The van der Waals surface area contributed by atoms with Crippen LogP contribution in [0.25, 0.3) is 0 Å². The first-order chi connectivity index (χ1) is 9.00. The molecule has 2 aromatic rings. The summed E-state index contributed by atoms with van der Waals surface area (Å²) in [7, 11) is 0. The fraction of sp³-hybridized carbons (Fsp3) is 0.333. The number of aromatic nitrogens is 1. The topological polar surface area (TPSA) is 45.9 Å². The van der Waals surface area contributed by atoms with Gasteiger partial charge in [0.25, 0.3) is 0 Å². The minimum absolute atomic E-state index is 0.0549. The van der Waals surface area contributed by atoms with Crippen LogP contribution in [0.3, 0.4) is 0 Å². The van der Waals surface area contributed by atoms with Crippen molar-refractivity contribution in [2.75, 3.05) is 0 Å². The quantitative estimate of drug-likeness (QED) is 0.851. The highest BCUT2D eigenvalue weighted by Crippen LogP contribution is 2.25. The molecule has 0 unspecified atom stereocenters. The van der Waals surface area contributed by atoms with Gasteiger partial charge in [-0.05, 0) is 12.1 Å². The second-order valence-corrected chi connectivity index (χ2v) is 6.22. The van der Waals surface area contributed by atoms with E-state index in [0.717, 1.165) is 10.7 Å². The van der Waals surface area contributed by atoms with Gasteiger partial charge in [-0.1, -0.05) is 32.9 Å². The summed E-state index contributed by atoms with van der Waals surface area (Å²) < 4.78 is 5.67. The smallest absolute Gasteiger partial charge is 0.140 e. The van der Waals surface area contributed by atoms with E-state index in [1.54, 1.807) is 23.5 Å². The number of rotatable bonds is 3. The van der Waals surface area contributed by atoms with E-state index in [0.29, 0.717) is 17.9 Å². The maximum absolute atomic E-state index is 8.98. The molecule has 0 aliphatic carbocycles. The Kier molecular flexibility index (Phi) is 3.87. The van der Waals surface area contributed by atoms with Gasteiger partial charge < -0.3 is 4.74 Å². The van der Waals surface area contributed by atoms with Crippen molar-refractivity contribution in [3.8, 4) is 11.8 Å². The molecule has 0 radical (unpaired) electrons. The molecule has 0 bridgehead atoms. The van der Waals surface area contributed by atoms with Gasteiger partial charge in [0, 0.05) is 10.8 Å². The Hall–Kier alpha value is -1.86. The number of nitrogens with zero attached hydrogens (tertiary/aromatic N) is 2. The van der Waals surface area contributed by atoms with Crippen LogP contribution in [-0.4, -0.2) is 4.98 Å². The van der Waals surface area contributed by atoms with Gasteiger partial charge in [0.05, 0.1) is 11.3 Å². The Morgan fingerprint density at radius 2 is 2.05 bits per heavy atom. The normalized spacial score (nSPS) is 11.1. The predicted octanol–water partition coefficient (Wildman–Crippen LogP) is 3.89. The Bertz CT molecular complexity index is 605. The van der Waals surface area contributed by atoms with Crippen LogP contribution in [0, 0.1) is 11.3 Å². The van der Waals surface area contributed by atoms with Crippen molar-refractivity contribution in [2.24, 2.45) is 0 Å². The number of hydrogen-bond acceptors (Lipinski definition) is 4. The number of hydrogen-bond donors (Lipinski definition) is 0. The lowest BCUT2D eigenvalue weighted by molar-refractivity contribution is 0.304. The molecule has 0 saturated carbocycles. The van der Waals surface area contributed by atoms with E-state index in [1.165, 1.54) is 0 Å². The molecule has 0 amide bonds. The zero-order valence-corrected chi connectivity index (χ0v) is 12.1. The van der Waals surface area contributed by atoms with Crippen LogP contribution < -0.4 is 4.74 Å². The van der Waals surface area contributed by atoms with Crippen LogP contribution in [0.4, 0.5) is 0 Å². The van der Waals surface area contributed by atoms with Gasteiger partial charge in [0.2, 0.25) is 0 Å². The van der Waals surface area contributed by atoms with Crippen molar-refractivity contribution in [2.45, 2.75) is 32.8 Å². The molecular formula is C15H16N2OS. The Morgan fingerprint density at radius 1 is 1.32 bits per heavy atom. The van der Waals surface area contributed by atoms with Crippen LogP contribution in [-0.2, 0) is 12.0 Å². The van der Waals surface area contributed by atoms with Crippen LogP contribution >= 0.6 is 11.3 Å². The van der Waals surface area contributed by atoms with Gasteiger partial charge in [-0.2, -0.15) is 5.26 Å². The minimum Gasteiger partial charge on any atom is -0.485 e. The first kappa shape index (κ1) is 13.6. The molecule has 1 aromatic carbocycles.